The van der Waals surface area contributed by atoms with Gasteiger partial charge in [0.15, 0.2) is 0 Å². The molecule has 2 rings (SSSR count). The van der Waals surface area contributed by atoms with Gasteiger partial charge in [0, 0.05) is 6.61 Å². The Morgan fingerprint density at radius 2 is 2.00 bits per heavy atom. The summed E-state index contributed by atoms with van der Waals surface area (Å²) in [6.45, 7) is -0.00890. The van der Waals surface area contributed by atoms with E-state index in [9.17, 15) is 4.79 Å². The van der Waals surface area contributed by atoms with Gasteiger partial charge in [-0.15, -0.1) is 0 Å². The monoisotopic (exact) mass is 228 g/mol. The smallest absolute Gasteiger partial charge is 0.249 e. The number of primary amides is 1. The number of aliphatic hydroxyl groups is 1. The Hall–Kier alpha value is -1.87. The minimum absolute atomic E-state index is 0.00890. The van der Waals surface area contributed by atoms with Gasteiger partial charge in [0.25, 0.3) is 0 Å². The SMILES string of the molecule is NC(=O)c1c(C[CH]CO)ccc2ccccc12. The second-order valence-electron chi connectivity index (χ2n) is 3.86. The lowest BCUT2D eigenvalue weighted by Crippen LogP contribution is -2.14. The Balaban J connectivity index is 2.60. The maximum Gasteiger partial charge on any atom is 0.249 e. The molecule has 1 radical (unpaired) electrons. The van der Waals surface area contributed by atoms with Crippen molar-refractivity contribution in [1.29, 1.82) is 0 Å². The zero-order chi connectivity index (χ0) is 12.3. The lowest BCUT2D eigenvalue weighted by atomic mass is 9.96. The molecule has 0 saturated carbocycles. The zero-order valence-electron chi connectivity index (χ0n) is 9.39. The summed E-state index contributed by atoms with van der Waals surface area (Å²) >= 11 is 0. The van der Waals surface area contributed by atoms with E-state index in [1.807, 2.05) is 36.4 Å². The number of nitrogens with two attached hydrogens (primary N) is 1. The average molecular weight is 228 g/mol. The molecule has 0 fully saturated rings. The second kappa shape index (κ2) is 4.97. The maximum absolute atomic E-state index is 11.5. The number of carbonyl (C=O) groups excluding carboxylic acids is 1. The number of benzene rings is 2. The van der Waals surface area contributed by atoms with E-state index in [0.29, 0.717) is 12.0 Å². The van der Waals surface area contributed by atoms with Gasteiger partial charge in [0.05, 0.1) is 5.56 Å². The van der Waals surface area contributed by atoms with Crippen LogP contribution in [0.2, 0.25) is 0 Å². The van der Waals surface area contributed by atoms with E-state index in [0.717, 1.165) is 16.3 Å². The molecule has 0 aliphatic rings. The molecule has 0 aromatic heterocycles. The van der Waals surface area contributed by atoms with Crippen molar-refractivity contribution < 1.29 is 9.90 Å². The molecule has 87 valence electrons. The number of rotatable bonds is 4. The van der Waals surface area contributed by atoms with E-state index in [2.05, 4.69) is 0 Å². The highest BCUT2D eigenvalue weighted by molar-refractivity contribution is 6.07. The molecule has 3 heteroatoms. The largest absolute Gasteiger partial charge is 0.396 e. The summed E-state index contributed by atoms with van der Waals surface area (Å²) in [6, 6.07) is 11.5. The van der Waals surface area contributed by atoms with Gasteiger partial charge in [0.2, 0.25) is 5.91 Å². The Kier molecular flexibility index (Phi) is 3.40. The van der Waals surface area contributed by atoms with E-state index in [4.69, 9.17) is 10.8 Å². The number of aliphatic hydroxyl groups excluding tert-OH is 1. The molecular weight excluding hydrogens is 214 g/mol. The van der Waals surface area contributed by atoms with Gasteiger partial charge in [-0.3, -0.25) is 4.79 Å². The Bertz CT molecular complexity index is 549. The quantitative estimate of drug-likeness (QED) is 0.836. The van der Waals surface area contributed by atoms with Crippen LogP contribution < -0.4 is 5.73 Å². The minimum atomic E-state index is -0.428. The Morgan fingerprint density at radius 1 is 1.24 bits per heavy atom. The normalized spacial score (nSPS) is 10.6. The van der Waals surface area contributed by atoms with Crippen LogP contribution in [-0.2, 0) is 6.42 Å². The molecule has 17 heavy (non-hydrogen) atoms. The van der Waals surface area contributed by atoms with Crippen molar-refractivity contribution in [2.24, 2.45) is 5.73 Å². The number of hydrogen-bond donors (Lipinski definition) is 2. The maximum atomic E-state index is 11.5. The number of hydrogen-bond acceptors (Lipinski definition) is 2. The Morgan fingerprint density at radius 3 is 2.71 bits per heavy atom. The molecular formula is C14H14NO2. The lowest BCUT2D eigenvalue weighted by molar-refractivity contribution is 0.100. The van der Waals surface area contributed by atoms with Crippen LogP contribution in [0.25, 0.3) is 10.8 Å². The molecule has 3 nitrogen and oxygen atoms in total. The van der Waals surface area contributed by atoms with Crippen LogP contribution in [-0.4, -0.2) is 17.6 Å². The van der Waals surface area contributed by atoms with Crippen molar-refractivity contribution in [3.05, 3.63) is 53.9 Å². The van der Waals surface area contributed by atoms with Crippen LogP contribution >= 0.6 is 0 Å². The van der Waals surface area contributed by atoms with E-state index in [1.165, 1.54) is 0 Å². The van der Waals surface area contributed by atoms with Crippen LogP contribution in [0.5, 0.6) is 0 Å². The molecule has 0 heterocycles. The third kappa shape index (κ3) is 2.29. The molecule has 0 unspecified atom stereocenters. The summed E-state index contributed by atoms with van der Waals surface area (Å²) in [5.74, 6) is -0.428. The predicted molar refractivity (Wildman–Crippen MR) is 67.6 cm³/mol. The van der Waals surface area contributed by atoms with Crippen LogP contribution in [0.1, 0.15) is 15.9 Å². The van der Waals surface area contributed by atoms with E-state index >= 15 is 0 Å². The summed E-state index contributed by atoms with van der Waals surface area (Å²) in [4.78, 5) is 11.5. The molecule has 0 bridgehead atoms. The number of carbonyl (C=O) groups is 1. The fourth-order valence-corrected chi connectivity index (χ4v) is 2.00. The third-order valence-electron chi connectivity index (χ3n) is 2.76. The first-order valence-electron chi connectivity index (χ1n) is 5.47. The van der Waals surface area contributed by atoms with Crippen molar-refractivity contribution in [2.45, 2.75) is 6.42 Å². The van der Waals surface area contributed by atoms with Gasteiger partial charge < -0.3 is 10.8 Å². The second-order valence-corrected chi connectivity index (χ2v) is 3.86. The topological polar surface area (TPSA) is 63.3 Å². The standard InChI is InChI=1S/C14H14NO2/c15-14(17)13-11(5-3-9-16)8-7-10-4-1-2-6-12(10)13/h1-4,6-8,16H,5,9H2,(H2,15,17). The molecule has 0 saturated heterocycles. The van der Waals surface area contributed by atoms with Crippen LogP contribution in [0.15, 0.2) is 36.4 Å². The summed E-state index contributed by atoms with van der Waals surface area (Å²) in [7, 11) is 0. The molecule has 2 aromatic carbocycles. The van der Waals surface area contributed by atoms with Gasteiger partial charge in [0.1, 0.15) is 0 Å². The van der Waals surface area contributed by atoms with Crippen molar-refractivity contribution in [3.8, 4) is 0 Å². The summed E-state index contributed by atoms with van der Waals surface area (Å²) in [5.41, 5.74) is 6.84. The molecule has 0 aliphatic carbocycles. The highest BCUT2D eigenvalue weighted by Gasteiger charge is 2.11. The van der Waals surface area contributed by atoms with Crippen molar-refractivity contribution in [3.63, 3.8) is 0 Å². The van der Waals surface area contributed by atoms with Crippen LogP contribution in [0.4, 0.5) is 0 Å². The lowest BCUT2D eigenvalue weighted by Gasteiger charge is -2.09. The first-order chi connectivity index (χ1) is 8.24. The summed E-state index contributed by atoms with van der Waals surface area (Å²) in [5, 5.41) is 10.7. The van der Waals surface area contributed by atoms with E-state index < -0.39 is 5.91 Å². The average Bonchev–Trinajstić information content (AvgIpc) is 2.35. The molecule has 2 aromatic rings. The first kappa shape index (κ1) is 11.6. The third-order valence-corrected chi connectivity index (χ3v) is 2.76. The minimum Gasteiger partial charge on any atom is -0.396 e. The predicted octanol–water partition coefficient (Wildman–Crippen LogP) is 1.68. The first-order valence-corrected chi connectivity index (χ1v) is 5.47. The molecule has 0 atom stereocenters. The van der Waals surface area contributed by atoms with Gasteiger partial charge in [-0.1, -0.05) is 36.4 Å². The highest BCUT2D eigenvalue weighted by Crippen LogP contribution is 2.23. The van der Waals surface area contributed by atoms with E-state index in [1.54, 1.807) is 6.42 Å². The number of amides is 1. The molecule has 1 amide bonds. The molecule has 3 N–H and O–H groups in total. The van der Waals surface area contributed by atoms with Crippen LogP contribution in [0, 0.1) is 6.42 Å². The van der Waals surface area contributed by atoms with Crippen molar-refractivity contribution in [1.82, 2.24) is 0 Å². The van der Waals surface area contributed by atoms with Gasteiger partial charge in [-0.2, -0.15) is 0 Å². The zero-order valence-corrected chi connectivity index (χ0v) is 9.39. The highest BCUT2D eigenvalue weighted by atomic mass is 16.2. The fraction of sp³-hybridized carbons (Fsp3) is 0.143. The van der Waals surface area contributed by atoms with Crippen molar-refractivity contribution >= 4 is 16.7 Å². The van der Waals surface area contributed by atoms with E-state index in [-0.39, 0.29) is 6.61 Å². The molecule has 0 aliphatic heterocycles. The fourth-order valence-electron chi connectivity index (χ4n) is 2.00. The molecule has 0 spiro atoms. The Labute approximate surface area is 99.9 Å². The van der Waals surface area contributed by atoms with Crippen LogP contribution in [0.3, 0.4) is 0 Å². The summed E-state index contributed by atoms with van der Waals surface area (Å²) < 4.78 is 0. The van der Waals surface area contributed by atoms with Gasteiger partial charge >= 0.3 is 0 Å². The summed E-state index contributed by atoms with van der Waals surface area (Å²) in [6.07, 6.45) is 2.25. The van der Waals surface area contributed by atoms with Crippen molar-refractivity contribution in [2.75, 3.05) is 6.61 Å². The number of fused-ring (bicyclic) bond motifs is 1. The van der Waals surface area contributed by atoms with Gasteiger partial charge in [-0.05, 0) is 29.2 Å². The van der Waals surface area contributed by atoms with Gasteiger partial charge in [-0.25, -0.2) is 0 Å².